The molecule has 0 radical (unpaired) electrons. The smallest absolute Gasteiger partial charge is 0.273 e. The molecule has 0 atom stereocenters. The van der Waals surface area contributed by atoms with Gasteiger partial charge in [0, 0.05) is 38.7 Å². The van der Waals surface area contributed by atoms with Crippen molar-refractivity contribution in [3.8, 4) is 0 Å². The second kappa shape index (κ2) is 6.03. The van der Waals surface area contributed by atoms with E-state index in [4.69, 9.17) is 5.73 Å². The lowest BCUT2D eigenvalue weighted by atomic mass is 10.3. The highest BCUT2D eigenvalue weighted by Gasteiger charge is 2.12. The molecule has 0 aliphatic rings. The van der Waals surface area contributed by atoms with Crippen molar-refractivity contribution < 1.29 is 4.79 Å². The normalized spacial score (nSPS) is 10.6. The van der Waals surface area contributed by atoms with Crippen LogP contribution >= 0.6 is 0 Å². The van der Waals surface area contributed by atoms with Crippen LogP contribution in [0, 0.1) is 0 Å². The number of imidazole rings is 1. The fourth-order valence-electron chi connectivity index (χ4n) is 1.81. The van der Waals surface area contributed by atoms with E-state index in [2.05, 4.69) is 15.4 Å². The van der Waals surface area contributed by atoms with Gasteiger partial charge in [-0.3, -0.25) is 9.48 Å². The number of hydrogen-bond donors (Lipinski definition) is 2. The first-order chi connectivity index (χ1) is 9.16. The first kappa shape index (κ1) is 13.1. The molecule has 0 aromatic carbocycles. The van der Waals surface area contributed by atoms with Gasteiger partial charge in [0.2, 0.25) is 0 Å². The Morgan fingerprint density at radius 2 is 2.32 bits per heavy atom. The van der Waals surface area contributed by atoms with E-state index in [-0.39, 0.29) is 11.6 Å². The average molecular weight is 262 g/mol. The third-order valence-electron chi connectivity index (χ3n) is 2.76. The number of nitrogens with zero attached hydrogens (tertiary/aromatic N) is 4. The minimum atomic E-state index is -0.222. The summed E-state index contributed by atoms with van der Waals surface area (Å²) in [7, 11) is 1.73. The third kappa shape index (κ3) is 3.57. The lowest BCUT2D eigenvalue weighted by Crippen LogP contribution is -2.26. The van der Waals surface area contributed by atoms with Gasteiger partial charge in [-0.2, -0.15) is 5.10 Å². The van der Waals surface area contributed by atoms with Crippen molar-refractivity contribution in [1.82, 2.24) is 24.6 Å². The topological polar surface area (TPSA) is 90.8 Å². The van der Waals surface area contributed by atoms with Crippen molar-refractivity contribution in [2.45, 2.75) is 19.4 Å². The molecule has 7 nitrogen and oxygen atoms in total. The quantitative estimate of drug-likeness (QED) is 0.738. The number of unbranched alkanes of at least 4 members (excludes halogenated alkanes) is 1. The molecule has 0 fully saturated rings. The zero-order valence-electron chi connectivity index (χ0n) is 10.9. The van der Waals surface area contributed by atoms with Crippen LogP contribution in [-0.4, -0.2) is 31.8 Å². The maximum atomic E-state index is 11.8. The summed E-state index contributed by atoms with van der Waals surface area (Å²) in [5, 5.41) is 6.83. The lowest BCUT2D eigenvalue weighted by molar-refractivity contribution is 0.0948. The largest absolute Gasteiger partial charge is 0.396 e. The van der Waals surface area contributed by atoms with Crippen molar-refractivity contribution in [2.24, 2.45) is 7.05 Å². The van der Waals surface area contributed by atoms with Gasteiger partial charge in [0.25, 0.3) is 5.91 Å². The summed E-state index contributed by atoms with van der Waals surface area (Å²) in [4.78, 5) is 15.8. The van der Waals surface area contributed by atoms with Crippen LogP contribution in [0.2, 0.25) is 0 Å². The van der Waals surface area contributed by atoms with Crippen LogP contribution in [0.1, 0.15) is 23.3 Å². The third-order valence-corrected chi connectivity index (χ3v) is 2.76. The van der Waals surface area contributed by atoms with E-state index in [0.717, 1.165) is 19.4 Å². The Morgan fingerprint density at radius 3 is 2.95 bits per heavy atom. The van der Waals surface area contributed by atoms with Crippen LogP contribution in [-0.2, 0) is 13.6 Å². The van der Waals surface area contributed by atoms with Crippen LogP contribution in [0.15, 0.2) is 24.9 Å². The summed E-state index contributed by atoms with van der Waals surface area (Å²) in [6, 6.07) is 0. The number of rotatable bonds is 6. The van der Waals surface area contributed by atoms with E-state index < -0.39 is 0 Å². The van der Waals surface area contributed by atoms with Gasteiger partial charge in [0.1, 0.15) is 0 Å². The summed E-state index contributed by atoms with van der Waals surface area (Å²) >= 11 is 0. The van der Waals surface area contributed by atoms with Crippen LogP contribution in [0.25, 0.3) is 0 Å². The molecule has 0 saturated heterocycles. The van der Waals surface area contributed by atoms with Gasteiger partial charge in [0.15, 0.2) is 5.69 Å². The number of anilines is 1. The highest BCUT2D eigenvalue weighted by atomic mass is 16.1. The Labute approximate surface area is 111 Å². The molecular weight excluding hydrogens is 244 g/mol. The SMILES string of the molecule is Cn1cc(N)c(C(=O)NCCCCn2ccnc2)n1. The van der Waals surface area contributed by atoms with E-state index in [1.807, 2.05) is 10.8 Å². The second-order valence-electron chi connectivity index (χ2n) is 4.37. The van der Waals surface area contributed by atoms with Gasteiger partial charge in [-0.05, 0) is 12.8 Å². The Balaban J connectivity index is 1.68. The van der Waals surface area contributed by atoms with Crippen LogP contribution in [0.4, 0.5) is 5.69 Å². The van der Waals surface area contributed by atoms with Gasteiger partial charge in [-0.15, -0.1) is 0 Å². The van der Waals surface area contributed by atoms with Gasteiger partial charge in [0.05, 0.1) is 12.0 Å². The van der Waals surface area contributed by atoms with E-state index >= 15 is 0 Å². The molecule has 0 bridgehead atoms. The number of carbonyl (C=O) groups excluding carboxylic acids is 1. The molecule has 1 amide bonds. The van der Waals surface area contributed by atoms with Crippen molar-refractivity contribution >= 4 is 11.6 Å². The standard InChI is InChI=1S/C12H18N6O/c1-17-8-10(13)11(16-17)12(19)15-4-2-3-6-18-7-5-14-9-18/h5,7-9H,2-4,6,13H2,1H3,(H,15,19). The monoisotopic (exact) mass is 262 g/mol. The molecule has 2 aromatic rings. The molecule has 7 heteroatoms. The zero-order chi connectivity index (χ0) is 13.7. The molecule has 0 aliphatic carbocycles. The van der Waals surface area contributed by atoms with E-state index in [0.29, 0.717) is 12.2 Å². The summed E-state index contributed by atoms with van der Waals surface area (Å²) in [5.41, 5.74) is 6.37. The fraction of sp³-hybridized carbons (Fsp3) is 0.417. The molecule has 0 unspecified atom stereocenters. The molecule has 2 aromatic heterocycles. The van der Waals surface area contributed by atoms with Gasteiger partial charge < -0.3 is 15.6 Å². The predicted octanol–water partition coefficient (Wildman–Crippen LogP) is 0.409. The maximum Gasteiger partial charge on any atom is 0.273 e. The summed E-state index contributed by atoms with van der Waals surface area (Å²) in [6.45, 7) is 1.52. The number of hydrogen-bond acceptors (Lipinski definition) is 4. The fourth-order valence-corrected chi connectivity index (χ4v) is 1.81. The van der Waals surface area contributed by atoms with E-state index in [9.17, 15) is 4.79 Å². The summed E-state index contributed by atoms with van der Waals surface area (Å²) < 4.78 is 3.54. The van der Waals surface area contributed by atoms with Gasteiger partial charge in [-0.1, -0.05) is 0 Å². The van der Waals surface area contributed by atoms with Crippen molar-refractivity contribution in [3.05, 3.63) is 30.6 Å². The predicted molar refractivity (Wildman–Crippen MR) is 71.4 cm³/mol. The number of nitrogens with two attached hydrogens (primary N) is 1. The molecular formula is C12H18N6O. The van der Waals surface area contributed by atoms with Crippen LogP contribution < -0.4 is 11.1 Å². The molecule has 2 heterocycles. The maximum absolute atomic E-state index is 11.8. The number of nitrogens with one attached hydrogen (secondary N) is 1. The van der Waals surface area contributed by atoms with Crippen LogP contribution in [0.3, 0.4) is 0 Å². The van der Waals surface area contributed by atoms with Crippen molar-refractivity contribution in [1.29, 1.82) is 0 Å². The number of aromatic nitrogens is 4. The van der Waals surface area contributed by atoms with E-state index in [1.54, 1.807) is 25.8 Å². The van der Waals surface area contributed by atoms with Crippen molar-refractivity contribution in [3.63, 3.8) is 0 Å². The Kier molecular flexibility index (Phi) is 4.17. The van der Waals surface area contributed by atoms with E-state index in [1.165, 1.54) is 4.68 Å². The van der Waals surface area contributed by atoms with Gasteiger partial charge in [-0.25, -0.2) is 4.98 Å². The number of amides is 1. The number of carbonyl (C=O) groups is 1. The molecule has 0 spiro atoms. The number of aryl methyl sites for hydroxylation is 2. The zero-order valence-corrected chi connectivity index (χ0v) is 10.9. The Morgan fingerprint density at radius 1 is 1.47 bits per heavy atom. The Hall–Kier alpha value is -2.31. The van der Waals surface area contributed by atoms with Crippen molar-refractivity contribution in [2.75, 3.05) is 12.3 Å². The molecule has 0 aliphatic heterocycles. The molecule has 2 rings (SSSR count). The second-order valence-corrected chi connectivity index (χ2v) is 4.37. The lowest BCUT2D eigenvalue weighted by Gasteiger charge is -2.04. The van der Waals surface area contributed by atoms with Gasteiger partial charge >= 0.3 is 0 Å². The average Bonchev–Trinajstić information content (AvgIpc) is 2.98. The Bertz CT molecular complexity index is 530. The molecule has 102 valence electrons. The first-order valence-electron chi connectivity index (χ1n) is 6.20. The number of nitrogen functional groups attached to an aromatic ring is 1. The highest BCUT2D eigenvalue weighted by molar-refractivity contribution is 5.96. The minimum Gasteiger partial charge on any atom is -0.396 e. The molecule has 0 saturated carbocycles. The molecule has 3 N–H and O–H groups in total. The van der Waals surface area contributed by atoms with Crippen LogP contribution in [0.5, 0.6) is 0 Å². The highest BCUT2D eigenvalue weighted by Crippen LogP contribution is 2.07. The molecule has 19 heavy (non-hydrogen) atoms. The first-order valence-corrected chi connectivity index (χ1v) is 6.20. The summed E-state index contributed by atoms with van der Waals surface area (Å²) in [5.74, 6) is -0.222. The summed E-state index contributed by atoms with van der Waals surface area (Å²) in [6.07, 6.45) is 8.96. The minimum absolute atomic E-state index is 0.222.